The van der Waals surface area contributed by atoms with Crippen LogP contribution in [-0.2, 0) is 4.74 Å². The quantitative estimate of drug-likeness (QED) is 0.792. The highest BCUT2D eigenvalue weighted by Gasteiger charge is 2.26. The average molecular weight is 290 g/mol. The summed E-state index contributed by atoms with van der Waals surface area (Å²) >= 11 is 6.75. The molecule has 1 fully saturated rings. The van der Waals surface area contributed by atoms with E-state index in [0.29, 0.717) is 23.1 Å². The monoisotopic (exact) mass is 289 g/mol. The minimum Gasteiger partial charge on any atom is -0.377 e. The molecule has 0 aliphatic carbocycles. The number of amides is 1. The maximum absolute atomic E-state index is 12.2. The summed E-state index contributed by atoms with van der Waals surface area (Å²) in [5.41, 5.74) is 0.713. The number of aromatic nitrogens is 2. The van der Waals surface area contributed by atoms with Crippen LogP contribution in [0.3, 0.4) is 0 Å². The van der Waals surface area contributed by atoms with Crippen LogP contribution >= 0.6 is 23.1 Å². The Hall–Kier alpha value is -0.720. The van der Waals surface area contributed by atoms with Crippen LogP contribution in [0, 0.1) is 6.92 Å². The number of halogens is 1. The third kappa shape index (κ3) is 3.18. The lowest BCUT2D eigenvalue weighted by molar-refractivity contribution is 0.0155. The summed E-state index contributed by atoms with van der Waals surface area (Å²) in [6.45, 7) is 3.84. The molecule has 0 spiro atoms. The van der Waals surface area contributed by atoms with Crippen molar-refractivity contribution >= 4 is 29.0 Å². The third-order valence-corrected chi connectivity index (χ3v) is 3.98. The van der Waals surface area contributed by atoms with Crippen molar-refractivity contribution in [3.05, 3.63) is 10.6 Å². The fourth-order valence-corrected chi connectivity index (χ4v) is 2.72. The summed E-state index contributed by atoms with van der Waals surface area (Å²) in [6, 6.07) is 0. The van der Waals surface area contributed by atoms with Gasteiger partial charge in [-0.3, -0.25) is 4.79 Å². The highest BCUT2D eigenvalue weighted by molar-refractivity contribution is 7.07. The van der Waals surface area contributed by atoms with Gasteiger partial charge in [0.2, 0.25) is 0 Å². The van der Waals surface area contributed by atoms with Gasteiger partial charge < -0.3 is 9.64 Å². The Bertz CT molecular complexity index is 405. The Morgan fingerprint density at radius 3 is 2.83 bits per heavy atom. The molecule has 1 aromatic rings. The van der Waals surface area contributed by atoms with Gasteiger partial charge in [-0.15, -0.1) is 16.7 Å². The molecule has 0 saturated carbocycles. The maximum atomic E-state index is 12.2. The molecule has 0 radical (unpaired) electrons. The zero-order chi connectivity index (χ0) is 13.0. The van der Waals surface area contributed by atoms with Crippen LogP contribution in [0.2, 0.25) is 0 Å². The lowest BCUT2D eigenvalue weighted by Gasteiger charge is -2.31. The number of piperidine rings is 1. The van der Waals surface area contributed by atoms with Gasteiger partial charge in [0, 0.05) is 19.0 Å². The van der Waals surface area contributed by atoms with Gasteiger partial charge in [0.1, 0.15) is 4.88 Å². The van der Waals surface area contributed by atoms with E-state index >= 15 is 0 Å². The molecule has 1 aliphatic heterocycles. The number of carbonyl (C=O) groups is 1. The van der Waals surface area contributed by atoms with Crippen molar-refractivity contribution in [3.63, 3.8) is 0 Å². The van der Waals surface area contributed by atoms with Gasteiger partial charge in [0.05, 0.1) is 18.4 Å². The Balaban J connectivity index is 1.86. The number of aryl methyl sites for hydroxylation is 1. The highest BCUT2D eigenvalue weighted by Crippen LogP contribution is 2.19. The fourth-order valence-electron chi connectivity index (χ4n) is 2.01. The molecular formula is C11H16ClN3O2S. The number of hydrogen-bond acceptors (Lipinski definition) is 5. The second-order valence-corrected chi connectivity index (χ2v) is 5.37. The summed E-state index contributed by atoms with van der Waals surface area (Å²) in [6.07, 6.45) is 1.97. The molecule has 0 atom stereocenters. The predicted octanol–water partition coefficient (Wildman–Crippen LogP) is 1.71. The van der Waals surface area contributed by atoms with Gasteiger partial charge in [0.25, 0.3) is 5.91 Å². The van der Waals surface area contributed by atoms with Crippen LogP contribution in [0.15, 0.2) is 0 Å². The van der Waals surface area contributed by atoms with E-state index in [-0.39, 0.29) is 12.0 Å². The van der Waals surface area contributed by atoms with Crippen molar-refractivity contribution in [2.24, 2.45) is 0 Å². The molecule has 2 rings (SSSR count). The van der Waals surface area contributed by atoms with Crippen LogP contribution in [0.1, 0.15) is 28.2 Å². The van der Waals surface area contributed by atoms with Crippen LogP contribution < -0.4 is 0 Å². The zero-order valence-electron chi connectivity index (χ0n) is 10.3. The molecule has 5 nitrogen and oxygen atoms in total. The lowest BCUT2D eigenvalue weighted by Crippen LogP contribution is -2.41. The lowest BCUT2D eigenvalue weighted by atomic mass is 10.1. The summed E-state index contributed by atoms with van der Waals surface area (Å²) in [4.78, 5) is 14.7. The van der Waals surface area contributed by atoms with Crippen LogP contribution in [-0.4, -0.2) is 52.1 Å². The molecule has 1 aliphatic rings. The van der Waals surface area contributed by atoms with E-state index in [1.807, 2.05) is 11.8 Å². The second-order valence-electron chi connectivity index (χ2n) is 4.24. The molecule has 0 bridgehead atoms. The van der Waals surface area contributed by atoms with Crippen molar-refractivity contribution in [2.45, 2.75) is 25.9 Å². The first-order valence-corrected chi connectivity index (χ1v) is 7.29. The number of rotatable bonds is 4. The maximum Gasteiger partial charge on any atom is 0.267 e. The topological polar surface area (TPSA) is 55.3 Å². The number of alkyl halides is 1. The van der Waals surface area contributed by atoms with E-state index in [9.17, 15) is 4.79 Å². The van der Waals surface area contributed by atoms with Gasteiger partial charge in [0.15, 0.2) is 0 Å². The van der Waals surface area contributed by atoms with Crippen LogP contribution in [0.4, 0.5) is 0 Å². The SMILES string of the molecule is Cc1nnsc1C(=O)N1CCC(OCCCl)CC1. The molecule has 1 aromatic heterocycles. The van der Waals surface area contributed by atoms with Gasteiger partial charge >= 0.3 is 0 Å². The Morgan fingerprint density at radius 1 is 1.56 bits per heavy atom. The normalized spacial score (nSPS) is 17.1. The minimum atomic E-state index is 0.0401. The van der Waals surface area contributed by atoms with Gasteiger partial charge in [-0.05, 0) is 31.3 Å². The first-order chi connectivity index (χ1) is 8.72. The van der Waals surface area contributed by atoms with Crippen LogP contribution in [0.5, 0.6) is 0 Å². The van der Waals surface area contributed by atoms with E-state index in [1.165, 1.54) is 0 Å². The standard InChI is InChI=1S/C11H16ClN3O2S/c1-8-10(18-14-13-8)11(16)15-5-2-9(3-6-15)17-7-4-12/h9H,2-7H2,1H3. The minimum absolute atomic E-state index is 0.0401. The second kappa shape index (κ2) is 6.45. The third-order valence-electron chi connectivity index (χ3n) is 3.01. The highest BCUT2D eigenvalue weighted by atomic mass is 35.5. The van der Waals surface area contributed by atoms with Crippen molar-refractivity contribution < 1.29 is 9.53 Å². The van der Waals surface area contributed by atoms with Gasteiger partial charge in [-0.2, -0.15) is 0 Å². The van der Waals surface area contributed by atoms with E-state index in [0.717, 1.165) is 37.5 Å². The van der Waals surface area contributed by atoms with Crippen molar-refractivity contribution in [1.29, 1.82) is 0 Å². The molecule has 0 unspecified atom stereocenters. The number of carbonyl (C=O) groups excluding carboxylic acids is 1. The number of hydrogen-bond donors (Lipinski definition) is 0. The van der Waals surface area contributed by atoms with Crippen molar-refractivity contribution in [3.8, 4) is 0 Å². The molecule has 7 heteroatoms. The zero-order valence-corrected chi connectivity index (χ0v) is 11.8. The molecule has 18 heavy (non-hydrogen) atoms. The summed E-state index contributed by atoms with van der Waals surface area (Å²) < 4.78 is 9.38. The van der Waals surface area contributed by atoms with E-state index in [1.54, 1.807) is 0 Å². The van der Waals surface area contributed by atoms with Gasteiger partial charge in [-0.1, -0.05) is 4.49 Å². The number of likely N-dealkylation sites (tertiary alicyclic amines) is 1. The molecule has 2 heterocycles. The Morgan fingerprint density at radius 2 is 2.28 bits per heavy atom. The van der Waals surface area contributed by atoms with Gasteiger partial charge in [-0.25, -0.2) is 0 Å². The van der Waals surface area contributed by atoms with Crippen molar-refractivity contribution in [1.82, 2.24) is 14.5 Å². The summed E-state index contributed by atoms with van der Waals surface area (Å²) in [5.74, 6) is 0.559. The fraction of sp³-hybridized carbons (Fsp3) is 0.727. The predicted molar refractivity (Wildman–Crippen MR) is 70.2 cm³/mol. The van der Waals surface area contributed by atoms with Crippen LogP contribution in [0.25, 0.3) is 0 Å². The average Bonchev–Trinajstić information content (AvgIpc) is 2.82. The first kappa shape index (κ1) is 13.7. The summed E-state index contributed by atoms with van der Waals surface area (Å²) in [5, 5.41) is 3.87. The molecule has 100 valence electrons. The molecule has 0 aromatic carbocycles. The Labute approximate surface area is 115 Å². The number of nitrogens with zero attached hydrogens (tertiary/aromatic N) is 3. The molecule has 0 N–H and O–H groups in total. The smallest absolute Gasteiger partial charge is 0.267 e. The van der Waals surface area contributed by atoms with E-state index in [2.05, 4.69) is 9.59 Å². The largest absolute Gasteiger partial charge is 0.377 e. The number of ether oxygens (including phenoxy) is 1. The first-order valence-electron chi connectivity index (χ1n) is 5.98. The van der Waals surface area contributed by atoms with E-state index in [4.69, 9.17) is 16.3 Å². The molecule has 1 amide bonds. The van der Waals surface area contributed by atoms with Crippen molar-refractivity contribution in [2.75, 3.05) is 25.6 Å². The molecule has 1 saturated heterocycles. The van der Waals surface area contributed by atoms with E-state index < -0.39 is 0 Å². The molecular weight excluding hydrogens is 274 g/mol. The Kier molecular flexibility index (Phi) is 4.91. The summed E-state index contributed by atoms with van der Waals surface area (Å²) in [7, 11) is 0.